The van der Waals surface area contributed by atoms with Crippen LogP contribution >= 0.6 is 0 Å². The summed E-state index contributed by atoms with van der Waals surface area (Å²) >= 11 is 0. The van der Waals surface area contributed by atoms with Gasteiger partial charge in [-0.25, -0.2) is 4.79 Å². The van der Waals surface area contributed by atoms with E-state index in [0.717, 1.165) is 64.8 Å². The van der Waals surface area contributed by atoms with Crippen LogP contribution in [0, 0.1) is 13.8 Å². The molecule has 4 aromatic rings. The molecule has 0 N–H and O–H groups in total. The average molecular weight is 775 g/mol. The van der Waals surface area contributed by atoms with E-state index in [1.807, 2.05) is 98.2 Å². The van der Waals surface area contributed by atoms with Crippen LogP contribution in [0.15, 0.2) is 84.9 Å². The normalized spacial score (nSPS) is 17.4. The number of fused-ring (bicyclic) bond motifs is 4. The van der Waals surface area contributed by atoms with E-state index in [4.69, 9.17) is 18.9 Å². The Morgan fingerprint density at radius 3 is 1.49 bits per heavy atom. The van der Waals surface area contributed by atoms with Crippen LogP contribution in [0.5, 0.6) is 11.5 Å². The Hall–Kier alpha value is -5.39. The molecule has 8 rings (SSSR count). The van der Waals surface area contributed by atoms with Crippen LogP contribution < -0.4 is 19.3 Å². The van der Waals surface area contributed by atoms with Gasteiger partial charge in [0.2, 0.25) is 11.8 Å². The Labute approximate surface area is 336 Å². The van der Waals surface area contributed by atoms with Gasteiger partial charge in [-0.05, 0) is 104 Å². The molecule has 0 saturated carbocycles. The third kappa shape index (κ3) is 7.58. The predicted octanol–water partition coefficient (Wildman–Crippen LogP) is 6.79. The molecule has 57 heavy (non-hydrogen) atoms. The minimum atomic E-state index is -0.688. The smallest absolute Gasteiger partial charge is 0.410 e. The Balaban J connectivity index is 0.000000175. The first-order chi connectivity index (χ1) is 27.2. The number of carbonyl (C=O) groups excluding carboxylic acids is 3. The Kier molecular flexibility index (Phi) is 10.8. The zero-order valence-electron chi connectivity index (χ0n) is 34.4. The number of aryl methyl sites for hydroxylation is 2. The van der Waals surface area contributed by atoms with Gasteiger partial charge < -0.3 is 33.6 Å². The summed E-state index contributed by atoms with van der Waals surface area (Å²) in [6.45, 7) is 14.5. The Morgan fingerprint density at radius 1 is 0.649 bits per heavy atom. The highest BCUT2D eigenvalue weighted by atomic mass is 16.6. The summed E-state index contributed by atoms with van der Waals surface area (Å²) in [6.07, 6.45) is -0.372. The van der Waals surface area contributed by atoms with Gasteiger partial charge in [-0.3, -0.25) is 14.5 Å². The summed E-state index contributed by atoms with van der Waals surface area (Å²) in [5.41, 5.74) is 6.90. The molecule has 4 aromatic carbocycles. The molecule has 300 valence electrons. The highest BCUT2D eigenvalue weighted by Gasteiger charge is 2.60. The number of benzene rings is 4. The summed E-state index contributed by atoms with van der Waals surface area (Å²) < 4.78 is 21.1. The first-order valence-electron chi connectivity index (χ1n) is 19.5. The fraction of sp³-hybridized carbons (Fsp3) is 0.413. The molecular weight excluding hydrogens is 721 g/mol. The second-order valence-electron chi connectivity index (χ2n) is 16.7. The van der Waals surface area contributed by atoms with Gasteiger partial charge in [-0.1, -0.05) is 48.5 Å². The lowest BCUT2D eigenvalue weighted by Crippen LogP contribution is -2.65. The predicted molar refractivity (Wildman–Crippen MR) is 220 cm³/mol. The van der Waals surface area contributed by atoms with Crippen molar-refractivity contribution in [2.75, 3.05) is 70.5 Å². The number of methoxy groups -OCH3 is 3. The molecule has 0 radical (unpaired) electrons. The lowest BCUT2D eigenvalue weighted by molar-refractivity contribution is -0.130. The van der Waals surface area contributed by atoms with Crippen molar-refractivity contribution < 1.29 is 33.3 Å². The summed E-state index contributed by atoms with van der Waals surface area (Å²) in [4.78, 5) is 47.2. The highest BCUT2D eigenvalue weighted by Crippen LogP contribution is 2.50. The van der Waals surface area contributed by atoms with E-state index in [2.05, 4.69) is 36.1 Å². The van der Waals surface area contributed by atoms with Crippen molar-refractivity contribution >= 4 is 29.3 Å². The van der Waals surface area contributed by atoms with Gasteiger partial charge >= 0.3 is 6.09 Å². The second-order valence-corrected chi connectivity index (χ2v) is 16.7. The molecule has 4 heterocycles. The van der Waals surface area contributed by atoms with Crippen molar-refractivity contribution in [2.45, 2.75) is 64.1 Å². The van der Waals surface area contributed by atoms with Crippen molar-refractivity contribution in [1.82, 2.24) is 9.80 Å². The van der Waals surface area contributed by atoms with Crippen molar-refractivity contribution in [3.8, 4) is 11.5 Å². The van der Waals surface area contributed by atoms with Crippen molar-refractivity contribution in [3.05, 3.63) is 118 Å². The summed E-state index contributed by atoms with van der Waals surface area (Å²) in [7, 11) is 5.01. The third-order valence-electron chi connectivity index (χ3n) is 11.4. The lowest BCUT2D eigenvalue weighted by Gasteiger charge is -2.46. The molecule has 2 fully saturated rings. The van der Waals surface area contributed by atoms with Crippen molar-refractivity contribution in [2.24, 2.45) is 0 Å². The minimum Gasteiger partial charge on any atom is -0.497 e. The van der Waals surface area contributed by atoms with Crippen LogP contribution in [0.1, 0.15) is 54.2 Å². The number of carbonyl (C=O) groups is 3. The fourth-order valence-corrected chi connectivity index (χ4v) is 8.41. The molecule has 0 atom stereocenters. The Bertz CT molecular complexity index is 2130. The lowest BCUT2D eigenvalue weighted by atomic mass is 9.74. The van der Waals surface area contributed by atoms with Gasteiger partial charge in [0.1, 0.15) is 27.9 Å². The van der Waals surface area contributed by atoms with E-state index in [1.54, 1.807) is 26.2 Å². The molecule has 0 unspecified atom stereocenters. The maximum atomic E-state index is 13.6. The number of rotatable bonds is 9. The van der Waals surface area contributed by atoms with Gasteiger partial charge in [-0.2, -0.15) is 0 Å². The van der Waals surface area contributed by atoms with Gasteiger partial charge in [0.05, 0.1) is 33.9 Å². The summed E-state index contributed by atoms with van der Waals surface area (Å²) in [5.74, 6) is 1.87. The largest absolute Gasteiger partial charge is 0.497 e. The number of nitrogens with zero attached hydrogens (tertiary/aromatic N) is 4. The average Bonchev–Trinajstić information content (AvgIpc) is 3.53. The topological polar surface area (TPSA) is 101 Å². The maximum Gasteiger partial charge on any atom is 0.410 e. The van der Waals surface area contributed by atoms with Crippen LogP contribution in [-0.2, 0) is 43.0 Å². The van der Waals surface area contributed by atoms with Gasteiger partial charge in [-0.15, -0.1) is 0 Å². The third-order valence-corrected chi connectivity index (χ3v) is 11.4. The molecule has 3 amide bonds. The number of hydrogen-bond acceptors (Lipinski definition) is 8. The van der Waals surface area contributed by atoms with E-state index >= 15 is 0 Å². The molecule has 4 aliphatic rings. The quantitative estimate of drug-likeness (QED) is 0.183. The van der Waals surface area contributed by atoms with Crippen molar-refractivity contribution in [3.63, 3.8) is 0 Å². The van der Waals surface area contributed by atoms with Crippen LogP contribution in [0.25, 0.3) is 0 Å². The minimum absolute atomic E-state index is 0.0405. The Morgan fingerprint density at radius 2 is 1.09 bits per heavy atom. The summed E-state index contributed by atoms with van der Waals surface area (Å²) in [6, 6.07) is 28.2. The highest BCUT2D eigenvalue weighted by molar-refractivity contribution is 6.10. The zero-order chi connectivity index (χ0) is 40.7. The number of likely N-dealkylation sites (tertiary alicyclic amines) is 2. The van der Waals surface area contributed by atoms with Gasteiger partial charge in [0.25, 0.3) is 0 Å². The number of ether oxygens (including phenoxy) is 4. The SMILES string of the molecule is COCCN1CC2(C1)C(=O)N(Cc1ccc(OC)cc1)c1cc(C)ccc12.COc1ccc(CN2C(=O)C3(CN(C(=O)OC(C)(C)C)C3)c3ccc(C)cc32)cc1. The molecule has 11 heteroatoms. The van der Waals surface area contributed by atoms with E-state index in [9.17, 15) is 14.4 Å². The van der Waals surface area contributed by atoms with E-state index in [-0.39, 0.29) is 17.9 Å². The van der Waals surface area contributed by atoms with E-state index in [0.29, 0.717) is 32.8 Å². The van der Waals surface area contributed by atoms with Crippen LogP contribution in [0.4, 0.5) is 16.2 Å². The molecular formula is C46H54N4O7. The molecule has 0 aromatic heterocycles. The first kappa shape index (κ1) is 39.8. The number of hydrogen-bond donors (Lipinski definition) is 0. The molecule has 2 spiro atoms. The molecule has 4 aliphatic heterocycles. The first-order valence-corrected chi connectivity index (χ1v) is 19.5. The van der Waals surface area contributed by atoms with Crippen LogP contribution in [0.3, 0.4) is 0 Å². The van der Waals surface area contributed by atoms with Crippen LogP contribution in [0.2, 0.25) is 0 Å². The van der Waals surface area contributed by atoms with Crippen LogP contribution in [-0.4, -0.2) is 94.0 Å². The van der Waals surface area contributed by atoms with Gasteiger partial charge in [0, 0.05) is 51.2 Å². The van der Waals surface area contributed by atoms with E-state index in [1.165, 1.54) is 11.1 Å². The molecule has 0 aliphatic carbocycles. The standard InChI is InChI=1S/C24H28N2O4.C22H26N2O3/c1-16-6-11-19-20(12-16)26(13-17-7-9-18(29-5)10-8-17)21(27)24(19)14-25(15-24)22(28)30-23(2,3)4;1-16-4-9-19-20(12-16)24(13-17-5-7-18(27-3)8-6-17)21(25)22(19)14-23(15-22)10-11-26-2/h6-12H,13-15H2,1-5H3;4-9,12H,10-11,13-15H2,1-3H3. The molecule has 11 nitrogen and oxygen atoms in total. The second kappa shape index (κ2) is 15.5. The molecule has 0 bridgehead atoms. The zero-order valence-corrected chi connectivity index (χ0v) is 34.4. The monoisotopic (exact) mass is 774 g/mol. The fourth-order valence-electron chi connectivity index (χ4n) is 8.41. The van der Waals surface area contributed by atoms with E-state index < -0.39 is 16.4 Å². The molecule has 2 saturated heterocycles. The van der Waals surface area contributed by atoms with Gasteiger partial charge in [0.15, 0.2) is 0 Å². The summed E-state index contributed by atoms with van der Waals surface area (Å²) in [5, 5.41) is 0. The number of anilines is 2. The van der Waals surface area contributed by atoms with Crippen molar-refractivity contribution in [1.29, 1.82) is 0 Å². The maximum absolute atomic E-state index is 13.6. The number of amides is 3.